The van der Waals surface area contributed by atoms with Crippen LogP contribution in [0.3, 0.4) is 0 Å². The Bertz CT molecular complexity index is 841. The van der Waals surface area contributed by atoms with Gasteiger partial charge in [-0.2, -0.15) is 5.26 Å². The summed E-state index contributed by atoms with van der Waals surface area (Å²) in [5.74, 6) is -1.15. The molecule has 2 N–H and O–H groups in total. The quantitative estimate of drug-likeness (QED) is 0.795. The van der Waals surface area contributed by atoms with E-state index in [1.165, 1.54) is 18.2 Å². The predicted molar refractivity (Wildman–Crippen MR) is 92.6 cm³/mol. The summed E-state index contributed by atoms with van der Waals surface area (Å²) in [6, 6.07) is 14.9. The van der Waals surface area contributed by atoms with Crippen molar-refractivity contribution in [3.05, 3.63) is 71.6 Å². The molecule has 0 aliphatic carbocycles. The SMILES string of the molecule is N#CCC(=O)NCc1cccc(NC(=O)/C=C/c2ccccc2F)c1. The Balaban J connectivity index is 1.95. The van der Waals surface area contributed by atoms with Crippen molar-refractivity contribution < 1.29 is 14.0 Å². The molecule has 0 bridgehead atoms. The molecule has 0 unspecified atom stereocenters. The highest BCUT2D eigenvalue weighted by Gasteiger charge is 2.03. The third-order valence-electron chi connectivity index (χ3n) is 3.24. The maximum atomic E-state index is 13.5. The van der Waals surface area contributed by atoms with E-state index in [0.717, 1.165) is 5.56 Å². The second-order valence-electron chi connectivity index (χ2n) is 5.16. The van der Waals surface area contributed by atoms with E-state index < -0.39 is 11.7 Å². The number of amides is 2. The monoisotopic (exact) mass is 337 g/mol. The van der Waals surface area contributed by atoms with E-state index in [1.54, 1.807) is 48.5 Å². The summed E-state index contributed by atoms with van der Waals surface area (Å²) >= 11 is 0. The number of nitrogens with one attached hydrogen (secondary N) is 2. The van der Waals surface area contributed by atoms with Crippen LogP contribution in [0.25, 0.3) is 6.08 Å². The van der Waals surface area contributed by atoms with Crippen molar-refractivity contribution in [2.45, 2.75) is 13.0 Å². The number of nitrogens with zero attached hydrogens (tertiary/aromatic N) is 1. The van der Waals surface area contributed by atoms with Gasteiger partial charge in [0.1, 0.15) is 12.2 Å². The van der Waals surface area contributed by atoms with Crippen LogP contribution in [-0.2, 0) is 16.1 Å². The maximum Gasteiger partial charge on any atom is 0.248 e. The fourth-order valence-corrected chi connectivity index (χ4v) is 2.05. The average Bonchev–Trinajstić information content (AvgIpc) is 2.60. The van der Waals surface area contributed by atoms with Crippen LogP contribution in [0.1, 0.15) is 17.5 Å². The number of carbonyl (C=O) groups is 2. The van der Waals surface area contributed by atoms with Gasteiger partial charge >= 0.3 is 0 Å². The van der Waals surface area contributed by atoms with E-state index >= 15 is 0 Å². The number of benzene rings is 2. The summed E-state index contributed by atoms with van der Waals surface area (Å²) in [6.45, 7) is 0.259. The Labute approximate surface area is 144 Å². The second kappa shape index (κ2) is 8.99. The van der Waals surface area contributed by atoms with Crippen LogP contribution in [0.5, 0.6) is 0 Å². The van der Waals surface area contributed by atoms with E-state index in [0.29, 0.717) is 11.3 Å². The highest BCUT2D eigenvalue weighted by Crippen LogP contribution is 2.12. The zero-order valence-corrected chi connectivity index (χ0v) is 13.3. The Hall–Kier alpha value is -3.46. The number of rotatable bonds is 6. The van der Waals surface area contributed by atoms with E-state index in [9.17, 15) is 14.0 Å². The highest BCUT2D eigenvalue weighted by molar-refractivity contribution is 6.01. The largest absolute Gasteiger partial charge is 0.351 e. The molecule has 0 aliphatic rings. The maximum absolute atomic E-state index is 13.5. The van der Waals surface area contributed by atoms with Crippen molar-refractivity contribution in [1.82, 2.24) is 5.32 Å². The van der Waals surface area contributed by atoms with Crippen LogP contribution < -0.4 is 10.6 Å². The zero-order chi connectivity index (χ0) is 18.1. The summed E-state index contributed by atoms with van der Waals surface area (Å²) in [4.78, 5) is 23.2. The highest BCUT2D eigenvalue weighted by atomic mass is 19.1. The molecule has 2 aromatic rings. The molecule has 0 saturated heterocycles. The molecule has 126 valence electrons. The first-order valence-corrected chi connectivity index (χ1v) is 7.54. The predicted octanol–water partition coefficient (Wildman–Crippen LogP) is 3.01. The average molecular weight is 337 g/mol. The Morgan fingerprint density at radius 3 is 2.72 bits per heavy atom. The lowest BCUT2D eigenvalue weighted by molar-refractivity contribution is -0.120. The summed E-state index contributed by atoms with van der Waals surface area (Å²) in [5.41, 5.74) is 1.66. The first-order valence-electron chi connectivity index (χ1n) is 7.54. The van der Waals surface area contributed by atoms with Gasteiger partial charge in [-0.15, -0.1) is 0 Å². The molecule has 6 heteroatoms. The number of anilines is 1. The number of hydrogen-bond acceptors (Lipinski definition) is 3. The lowest BCUT2D eigenvalue weighted by Crippen LogP contribution is -2.21. The van der Waals surface area contributed by atoms with Gasteiger partial charge in [0.15, 0.2) is 0 Å². The third-order valence-corrected chi connectivity index (χ3v) is 3.24. The molecule has 0 saturated carbocycles. The summed E-state index contributed by atoms with van der Waals surface area (Å²) in [7, 11) is 0. The fraction of sp³-hybridized carbons (Fsp3) is 0.105. The van der Waals surface area contributed by atoms with Crippen LogP contribution >= 0.6 is 0 Å². The third kappa shape index (κ3) is 5.92. The molecule has 5 nitrogen and oxygen atoms in total. The van der Waals surface area contributed by atoms with Crippen LogP contribution in [0.15, 0.2) is 54.6 Å². The Morgan fingerprint density at radius 2 is 1.96 bits per heavy atom. The molecular weight excluding hydrogens is 321 g/mol. The first-order chi connectivity index (χ1) is 12.1. The van der Waals surface area contributed by atoms with E-state index in [1.807, 2.05) is 0 Å². The normalized spacial score (nSPS) is 10.2. The lowest BCUT2D eigenvalue weighted by Gasteiger charge is -2.07. The van der Waals surface area contributed by atoms with Gasteiger partial charge in [-0.25, -0.2) is 4.39 Å². The fourth-order valence-electron chi connectivity index (χ4n) is 2.05. The molecule has 25 heavy (non-hydrogen) atoms. The van der Waals surface area contributed by atoms with Gasteiger partial charge in [0.2, 0.25) is 11.8 Å². The standard InChI is InChI=1S/C19H16FN3O2/c20-17-7-2-1-5-15(17)8-9-19(25)23-16-6-3-4-14(12-16)13-22-18(24)10-11-21/h1-9,12H,10,13H2,(H,22,24)(H,23,25)/b9-8+. The van der Waals surface area contributed by atoms with Gasteiger partial charge in [-0.3, -0.25) is 9.59 Å². The van der Waals surface area contributed by atoms with Crippen LogP contribution in [0, 0.1) is 17.1 Å². The first kappa shape index (κ1) is 17.9. The van der Waals surface area contributed by atoms with Gasteiger partial charge in [-0.1, -0.05) is 30.3 Å². The lowest BCUT2D eigenvalue weighted by atomic mass is 10.2. The van der Waals surface area contributed by atoms with Crippen molar-refractivity contribution in [2.24, 2.45) is 0 Å². The Morgan fingerprint density at radius 1 is 1.16 bits per heavy atom. The van der Waals surface area contributed by atoms with E-state index in [2.05, 4.69) is 10.6 Å². The van der Waals surface area contributed by atoms with Gasteiger partial charge in [-0.05, 0) is 29.8 Å². The minimum atomic E-state index is -0.401. The zero-order valence-electron chi connectivity index (χ0n) is 13.3. The minimum absolute atomic E-state index is 0.197. The summed E-state index contributed by atoms with van der Waals surface area (Å²) in [6.07, 6.45) is 2.45. The number of carbonyl (C=O) groups excluding carboxylic acids is 2. The second-order valence-corrected chi connectivity index (χ2v) is 5.16. The molecule has 2 aromatic carbocycles. The van der Waals surface area contributed by atoms with Crippen molar-refractivity contribution in [2.75, 3.05) is 5.32 Å². The van der Waals surface area contributed by atoms with E-state index in [4.69, 9.17) is 5.26 Å². The molecule has 0 fully saturated rings. The van der Waals surface area contributed by atoms with Crippen LogP contribution in [0.4, 0.5) is 10.1 Å². The smallest absolute Gasteiger partial charge is 0.248 e. The van der Waals surface area contributed by atoms with Crippen molar-refractivity contribution in [3.63, 3.8) is 0 Å². The molecule has 0 aromatic heterocycles. The molecule has 0 atom stereocenters. The molecule has 0 aliphatic heterocycles. The van der Waals surface area contributed by atoms with Gasteiger partial charge in [0.05, 0.1) is 6.07 Å². The number of halogens is 1. The number of hydrogen-bond donors (Lipinski definition) is 2. The Kier molecular flexibility index (Phi) is 6.43. The minimum Gasteiger partial charge on any atom is -0.351 e. The molecule has 2 rings (SSSR count). The van der Waals surface area contributed by atoms with Gasteiger partial charge in [0.25, 0.3) is 0 Å². The van der Waals surface area contributed by atoms with Gasteiger partial charge in [0, 0.05) is 23.9 Å². The molecule has 0 spiro atoms. The molecular formula is C19H16FN3O2. The molecule has 2 amide bonds. The van der Waals surface area contributed by atoms with Crippen molar-refractivity contribution in [1.29, 1.82) is 5.26 Å². The summed E-state index contributed by atoms with van der Waals surface area (Å²) < 4.78 is 13.5. The van der Waals surface area contributed by atoms with Crippen LogP contribution in [-0.4, -0.2) is 11.8 Å². The topological polar surface area (TPSA) is 82.0 Å². The van der Waals surface area contributed by atoms with Crippen LogP contribution in [0.2, 0.25) is 0 Å². The van der Waals surface area contributed by atoms with Gasteiger partial charge < -0.3 is 10.6 Å². The van der Waals surface area contributed by atoms with Crippen molar-refractivity contribution in [3.8, 4) is 6.07 Å². The molecule has 0 heterocycles. The van der Waals surface area contributed by atoms with Crippen molar-refractivity contribution >= 4 is 23.6 Å². The summed E-state index contributed by atoms with van der Waals surface area (Å²) in [5, 5.41) is 13.7. The number of nitriles is 1. The van der Waals surface area contributed by atoms with E-state index in [-0.39, 0.29) is 18.9 Å². The molecule has 0 radical (unpaired) electrons.